The molecule has 0 fully saturated rings. The maximum absolute atomic E-state index is 11.3. The first-order chi connectivity index (χ1) is 6.45. The van der Waals surface area contributed by atoms with Crippen LogP contribution in [0.15, 0.2) is 23.1 Å². The molecule has 0 spiro atoms. The van der Waals surface area contributed by atoms with Crippen LogP contribution in [0.3, 0.4) is 0 Å². The summed E-state index contributed by atoms with van der Waals surface area (Å²) in [6, 6.07) is 0.217. The van der Waals surface area contributed by atoms with Gasteiger partial charge in [0.1, 0.15) is 0 Å². The van der Waals surface area contributed by atoms with Gasteiger partial charge in [0.15, 0.2) is 9.84 Å². The SMILES string of the molecule is CCN(C)C1C=CC=C(S(C)(=O)=O)C1. The lowest BCUT2D eigenvalue weighted by atomic mass is 10.1. The zero-order valence-electron chi connectivity index (χ0n) is 8.90. The van der Waals surface area contributed by atoms with Gasteiger partial charge in [-0.1, -0.05) is 19.1 Å². The van der Waals surface area contributed by atoms with Gasteiger partial charge in [-0.15, -0.1) is 0 Å². The monoisotopic (exact) mass is 215 g/mol. The minimum atomic E-state index is -3.02. The lowest BCUT2D eigenvalue weighted by molar-refractivity contribution is 0.295. The van der Waals surface area contributed by atoms with Gasteiger partial charge in [0.2, 0.25) is 0 Å². The molecule has 0 bridgehead atoms. The van der Waals surface area contributed by atoms with E-state index < -0.39 is 9.84 Å². The molecular formula is C10H17NO2S. The van der Waals surface area contributed by atoms with Crippen LogP contribution in [-0.2, 0) is 9.84 Å². The highest BCUT2D eigenvalue weighted by molar-refractivity contribution is 7.94. The van der Waals surface area contributed by atoms with Crippen LogP contribution in [-0.4, -0.2) is 39.2 Å². The Morgan fingerprint density at radius 3 is 2.71 bits per heavy atom. The normalized spacial score (nSPS) is 22.6. The second-order valence-corrected chi connectivity index (χ2v) is 5.70. The van der Waals surface area contributed by atoms with E-state index in [2.05, 4.69) is 11.8 Å². The fraction of sp³-hybridized carbons (Fsp3) is 0.600. The Hall–Kier alpha value is -0.610. The molecule has 0 amide bonds. The summed E-state index contributed by atoms with van der Waals surface area (Å²) in [5, 5.41) is 0. The van der Waals surface area contributed by atoms with Crippen LogP contribution in [0.4, 0.5) is 0 Å². The van der Waals surface area contributed by atoms with Crippen molar-refractivity contribution in [1.29, 1.82) is 0 Å². The summed E-state index contributed by atoms with van der Waals surface area (Å²) in [6.45, 7) is 2.98. The average molecular weight is 215 g/mol. The Morgan fingerprint density at radius 2 is 2.21 bits per heavy atom. The lowest BCUT2D eigenvalue weighted by Gasteiger charge is -2.26. The molecular weight excluding hydrogens is 198 g/mol. The topological polar surface area (TPSA) is 37.4 Å². The van der Waals surface area contributed by atoms with E-state index in [1.807, 2.05) is 19.2 Å². The number of hydrogen-bond acceptors (Lipinski definition) is 3. The number of nitrogens with zero attached hydrogens (tertiary/aromatic N) is 1. The fourth-order valence-corrected chi connectivity index (χ4v) is 2.24. The Bertz CT molecular complexity index is 354. The largest absolute Gasteiger partial charge is 0.300 e. The average Bonchev–Trinajstić information content (AvgIpc) is 2.15. The van der Waals surface area contributed by atoms with E-state index in [9.17, 15) is 8.42 Å². The summed E-state index contributed by atoms with van der Waals surface area (Å²) in [7, 11) is -1.02. The van der Waals surface area contributed by atoms with Crippen LogP contribution in [0.5, 0.6) is 0 Å². The smallest absolute Gasteiger partial charge is 0.171 e. The highest BCUT2D eigenvalue weighted by Crippen LogP contribution is 2.20. The summed E-state index contributed by atoms with van der Waals surface area (Å²) in [5.41, 5.74) is 0. The van der Waals surface area contributed by atoms with Crippen molar-refractivity contribution in [1.82, 2.24) is 4.90 Å². The summed E-state index contributed by atoms with van der Waals surface area (Å²) in [5.74, 6) is 0. The van der Waals surface area contributed by atoms with Crippen molar-refractivity contribution >= 4 is 9.84 Å². The maximum Gasteiger partial charge on any atom is 0.171 e. The second kappa shape index (κ2) is 4.28. The van der Waals surface area contributed by atoms with E-state index in [0.29, 0.717) is 11.3 Å². The van der Waals surface area contributed by atoms with Gasteiger partial charge in [-0.25, -0.2) is 8.42 Å². The van der Waals surface area contributed by atoms with Gasteiger partial charge in [0, 0.05) is 23.6 Å². The number of allylic oxidation sites excluding steroid dienone is 2. The molecule has 0 saturated carbocycles. The maximum atomic E-state index is 11.3. The minimum absolute atomic E-state index is 0.217. The fourth-order valence-electron chi connectivity index (χ4n) is 1.45. The van der Waals surface area contributed by atoms with Crippen LogP contribution in [0.2, 0.25) is 0 Å². The van der Waals surface area contributed by atoms with Crippen LogP contribution >= 0.6 is 0 Å². The molecule has 14 heavy (non-hydrogen) atoms. The first kappa shape index (κ1) is 11.5. The number of sulfone groups is 1. The molecule has 1 atom stereocenters. The van der Waals surface area contributed by atoms with E-state index in [4.69, 9.17) is 0 Å². The van der Waals surface area contributed by atoms with Crippen molar-refractivity contribution < 1.29 is 8.42 Å². The van der Waals surface area contributed by atoms with E-state index in [0.717, 1.165) is 6.54 Å². The van der Waals surface area contributed by atoms with E-state index in [-0.39, 0.29) is 6.04 Å². The van der Waals surface area contributed by atoms with Gasteiger partial charge in [0.05, 0.1) is 0 Å². The Balaban J connectivity index is 2.79. The summed E-state index contributed by atoms with van der Waals surface area (Å²) < 4.78 is 22.6. The second-order valence-electron chi connectivity index (χ2n) is 3.63. The van der Waals surface area contributed by atoms with Crippen LogP contribution in [0.25, 0.3) is 0 Å². The predicted octanol–water partition coefficient (Wildman–Crippen LogP) is 1.20. The Labute approximate surface area is 86.0 Å². The van der Waals surface area contributed by atoms with Gasteiger partial charge in [0.25, 0.3) is 0 Å². The van der Waals surface area contributed by atoms with E-state index >= 15 is 0 Å². The van der Waals surface area contributed by atoms with Gasteiger partial charge in [-0.2, -0.15) is 0 Å². The third-order valence-corrected chi connectivity index (χ3v) is 3.82. The first-order valence-corrected chi connectivity index (χ1v) is 6.62. The van der Waals surface area contributed by atoms with E-state index in [1.54, 1.807) is 6.08 Å². The first-order valence-electron chi connectivity index (χ1n) is 4.72. The number of likely N-dealkylation sites (N-methyl/N-ethyl adjacent to an activating group) is 1. The van der Waals surface area contributed by atoms with Crippen molar-refractivity contribution in [3.8, 4) is 0 Å². The predicted molar refractivity (Wildman–Crippen MR) is 58.8 cm³/mol. The molecule has 0 N–H and O–H groups in total. The lowest BCUT2D eigenvalue weighted by Crippen LogP contribution is -2.31. The Morgan fingerprint density at radius 1 is 1.57 bits per heavy atom. The molecule has 0 aromatic heterocycles. The molecule has 1 rings (SSSR count). The van der Waals surface area contributed by atoms with Crippen molar-refractivity contribution in [2.24, 2.45) is 0 Å². The zero-order valence-corrected chi connectivity index (χ0v) is 9.71. The zero-order chi connectivity index (χ0) is 10.8. The summed E-state index contributed by atoms with van der Waals surface area (Å²) in [6.07, 6.45) is 7.42. The third kappa shape index (κ3) is 2.69. The van der Waals surface area contributed by atoms with Crippen LogP contribution in [0, 0.1) is 0 Å². The summed E-state index contributed by atoms with van der Waals surface area (Å²) >= 11 is 0. The molecule has 0 aromatic carbocycles. The highest BCUT2D eigenvalue weighted by Gasteiger charge is 2.20. The minimum Gasteiger partial charge on any atom is -0.300 e. The molecule has 0 aromatic rings. The molecule has 0 heterocycles. The van der Waals surface area contributed by atoms with Crippen LogP contribution in [0.1, 0.15) is 13.3 Å². The van der Waals surface area contributed by atoms with E-state index in [1.165, 1.54) is 6.26 Å². The van der Waals surface area contributed by atoms with Gasteiger partial charge in [-0.05, 0) is 19.7 Å². The van der Waals surface area contributed by atoms with Crippen molar-refractivity contribution in [2.75, 3.05) is 19.8 Å². The van der Waals surface area contributed by atoms with Gasteiger partial charge in [-0.3, -0.25) is 4.90 Å². The quantitative estimate of drug-likeness (QED) is 0.710. The Kier molecular flexibility index (Phi) is 3.50. The van der Waals surface area contributed by atoms with Crippen LogP contribution < -0.4 is 0 Å². The molecule has 80 valence electrons. The summed E-state index contributed by atoms with van der Waals surface area (Å²) in [4.78, 5) is 2.67. The molecule has 0 aliphatic heterocycles. The third-order valence-electron chi connectivity index (χ3n) is 2.57. The number of hydrogen-bond donors (Lipinski definition) is 0. The molecule has 3 nitrogen and oxygen atoms in total. The number of rotatable bonds is 3. The molecule has 1 unspecified atom stereocenters. The van der Waals surface area contributed by atoms with Crippen molar-refractivity contribution in [2.45, 2.75) is 19.4 Å². The van der Waals surface area contributed by atoms with Gasteiger partial charge < -0.3 is 0 Å². The highest BCUT2D eigenvalue weighted by atomic mass is 32.2. The standard InChI is InChI=1S/C10H17NO2S/c1-4-11(2)9-6-5-7-10(8-9)14(3,12)13/h5-7,9H,4,8H2,1-3H3. The molecule has 4 heteroatoms. The van der Waals surface area contributed by atoms with Crippen molar-refractivity contribution in [3.63, 3.8) is 0 Å². The molecule has 0 radical (unpaired) electrons. The molecule has 1 aliphatic rings. The molecule has 1 aliphatic carbocycles. The van der Waals surface area contributed by atoms with Crippen molar-refractivity contribution in [3.05, 3.63) is 23.1 Å². The van der Waals surface area contributed by atoms with Gasteiger partial charge >= 0.3 is 0 Å². The molecule has 0 saturated heterocycles.